The number of ether oxygens (including phenoxy) is 1. The number of nitrogens with zero attached hydrogens (tertiary/aromatic N) is 2. The van der Waals surface area contributed by atoms with Gasteiger partial charge in [-0.15, -0.1) is 0 Å². The van der Waals surface area contributed by atoms with Crippen LogP contribution in [0.1, 0.15) is 33.6 Å². The van der Waals surface area contributed by atoms with Crippen molar-refractivity contribution in [2.75, 3.05) is 19.7 Å². The molecule has 2 heterocycles. The van der Waals surface area contributed by atoms with Crippen molar-refractivity contribution in [3.05, 3.63) is 0 Å². The van der Waals surface area contributed by atoms with E-state index in [0.29, 0.717) is 19.1 Å². The lowest BCUT2D eigenvalue weighted by Gasteiger charge is -2.26. The lowest BCUT2D eigenvalue weighted by molar-refractivity contribution is 0.0250. The molecule has 2 rings (SSSR count). The van der Waals surface area contributed by atoms with Crippen molar-refractivity contribution < 1.29 is 14.4 Å². The van der Waals surface area contributed by atoms with Crippen LogP contribution in [0.25, 0.3) is 0 Å². The lowest BCUT2D eigenvalue weighted by atomic mass is 10.0. The molecule has 0 aromatic heterocycles. The fourth-order valence-corrected chi connectivity index (χ4v) is 2.06. The molecule has 2 aliphatic rings. The number of hydrogen-bond acceptors (Lipinski definition) is 4. The van der Waals surface area contributed by atoms with Crippen LogP contribution in [0.15, 0.2) is 5.16 Å². The summed E-state index contributed by atoms with van der Waals surface area (Å²) in [6.45, 7) is 7.72. The highest BCUT2D eigenvalue weighted by Crippen LogP contribution is 2.22. The molecule has 0 unspecified atom stereocenters. The van der Waals surface area contributed by atoms with Gasteiger partial charge in [0, 0.05) is 25.4 Å². The Bertz CT molecular complexity index is 333. The zero-order valence-corrected chi connectivity index (χ0v) is 10.7. The van der Waals surface area contributed by atoms with E-state index in [9.17, 15) is 4.79 Å². The van der Waals surface area contributed by atoms with Crippen molar-refractivity contribution in [1.82, 2.24) is 4.90 Å². The SMILES string of the molecule is CC(C)(C)OC(=O)N1CCC2=NOC[C@@H]2CC1. The highest BCUT2D eigenvalue weighted by Gasteiger charge is 2.30. The second-order valence-electron chi connectivity index (χ2n) is 5.58. The molecular weight excluding hydrogens is 220 g/mol. The topological polar surface area (TPSA) is 51.1 Å². The van der Waals surface area contributed by atoms with Gasteiger partial charge < -0.3 is 14.5 Å². The molecule has 1 saturated heterocycles. The summed E-state index contributed by atoms with van der Waals surface area (Å²) >= 11 is 0. The Labute approximate surface area is 102 Å². The summed E-state index contributed by atoms with van der Waals surface area (Å²) in [6, 6.07) is 0. The maximum atomic E-state index is 11.9. The number of fused-ring (bicyclic) bond motifs is 1. The van der Waals surface area contributed by atoms with Gasteiger partial charge in [-0.3, -0.25) is 0 Å². The molecule has 1 amide bonds. The van der Waals surface area contributed by atoms with Crippen LogP contribution in [-0.2, 0) is 9.57 Å². The van der Waals surface area contributed by atoms with E-state index in [1.54, 1.807) is 4.90 Å². The van der Waals surface area contributed by atoms with E-state index in [1.807, 2.05) is 20.8 Å². The van der Waals surface area contributed by atoms with Crippen molar-refractivity contribution in [1.29, 1.82) is 0 Å². The van der Waals surface area contributed by atoms with E-state index in [2.05, 4.69) is 5.16 Å². The van der Waals surface area contributed by atoms with Gasteiger partial charge in [-0.1, -0.05) is 5.16 Å². The average Bonchev–Trinajstić information content (AvgIpc) is 2.54. The highest BCUT2D eigenvalue weighted by atomic mass is 16.6. The summed E-state index contributed by atoms with van der Waals surface area (Å²) in [5, 5.41) is 4.02. The maximum absolute atomic E-state index is 11.9. The third kappa shape index (κ3) is 3.11. The van der Waals surface area contributed by atoms with Gasteiger partial charge in [0.05, 0.1) is 5.71 Å². The normalized spacial score (nSPS) is 24.5. The van der Waals surface area contributed by atoms with Gasteiger partial charge in [-0.2, -0.15) is 0 Å². The fourth-order valence-electron chi connectivity index (χ4n) is 2.06. The van der Waals surface area contributed by atoms with Crippen molar-refractivity contribution >= 4 is 11.8 Å². The second-order valence-corrected chi connectivity index (χ2v) is 5.58. The van der Waals surface area contributed by atoms with E-state index in [0.717, 1.165) is 25.1 Å². The zero-order chi connectivity index (χ0) is 12.5. The molecule has 0 bridgehead atoms. The first-order chi connectivity index (χ1) is 7.96. The number of carbonyl (C=O) groups excluding carboxylic acids is 1. The average molecular weight is 240 g/mol. The molecule has 0 aromatic rings. The molecule has 0 aromatic carbocycles. The number of carbonyl (C=O) groups is 1. The standard InChI is InChI=1S/C12H20N2O3/c1-12(2,3)17-11(15)14-6-4-9-8-16-13-10(9)5-7-14/h9H,4-8H2,1-3H3/t9-/m0/s1. The fraction of sp³-hybridized carbons (Fsp3) is 0.833. The van der Waals surface area contributed by atoms with Crippen molar-refractivity contribution in [3.8, 4) is 0 Å². The Kier molecular flexibility index (Phi) is 3.26. The molecule has 17 heavy (non-hydrogen) atoms. The minimum absolute atomic E-state index is 0.223. The van der Waals surface area contributed by atoms with E-state index in [1.165, 1.54) is 0 Å². The number of oxime groups is 1. The third-order valence-electron chi connectivity index (χ3n) is 2.97. The number of rotatable bonds is 0. The van der Waals surface area contributed by atoms with E-state index in [4.69, 9.17) is 9.57 Å². The predicted octanol–water partition coefficient (Wildman–Crippen LogP) is 2.02. The van der Waals surface area contributed by atoms with Crippen LogP contribution in [0.5, 0.6) is 0 Å². The summed E-state index contributed by atoms with van der Waals surface area (Å²) in [7, 11) is 0. The zero-order valence-electron chi connectivity index (χ0n) is 10.7. The van der Waals surface area contributed by atoms with Gasteiger partial charge >= 0.3 is 6.09 Å². The first-order valence-corrected chi connectivity index (χ1v) is 6.12. The van der Waals surface area contributed by atoms with Crippen LogP contribution in [0, 0.1) is 5.92 Å². The Morgan fingerprint density at radius 1 is 1.47 bits per heavy atom. The van der Waals surface area contributed by atoms with Gasteiger partial charge in [-0.05, 0) is 27.2 Å². The minimum Gasteiger partial charge on any atom is -0.444 e. The summed E-state index contributed by atoms with van der Waals surface area (Å²) in [4.78, 5) is 18.8. The van der Waals surface area contributed by atoms with E-state index >= 15 is 0 Å². The van der Waals surface area contributed by atoms with Gasteiger partial charge in [0.25, 0.3) is 0 Å². The molecule has 1 fully saturated rings. The molecule has 0 radical (unpaired) electrons. The van der Waals surface area contributed by atoms with E-state index < -0.39 is 5.60 Å². The van der Waals surface area contributed by atoms with Crippen molar-refractivity contribution in [3.63, 3.8) is 0 Å². The Balaban J connectivity index is 1.93. The first kappa shape index (κ1) is 12.2. The molecule has 0 N–H and O–H groups in total. The molecule has 5 nitrogen and oxygen atoms in total. The summed E-state index contributed by atoms with van der Waals surface area (Å²) in [6.07, 6.45) is 1.49. The largest absolute Gasteiger partial charge is 0.444 e. The Morgan fingerprint density at radius 3 is 2.94 bits per heavy atom. The summed E-state index contributed by atoms with van der Waals surface area (Å²) < 4.78 is 5.37. The van der Waals surface area contributed by atoms with E-state index in [-0.39, 0.29) is 6.09 Å². The van der Waals surface area contributed by atoms with Crippen LogP contribution < -0.4 is 0 Å². The Morgan fingerprint density at radius 2 is 2.24 bits per heavy atom. The number of amides is 1. The highest BCUT2D eigenvalue weighted by molar-refractivity contribution is 5.88. The quantitative estimate of drug-likeness (QED) is 0.651. The van der Waals surface area contributed by atoms with Gasteiger partial charge in [0.2, 0.25) is 0 Å². The van der Waals surface area contributed by atoms with Crippen LogP contribution in [-0.4, -0.2) is 42.0 Å². The maximum Gasteiger partial charge on any atom is 0.410 e. The molecule has 1 atom stereocenters. The molecule has 0 spiro atoms. The predicted molar refractivity (Wildman–Crippen MR) is 63.9 cm³/mol. The van der Waals surface area contributed by atoms with Gasteiger partial charge in [0.1, 0.15) is 12.2 Å². The number of likely N-dealkylation sites (tertiary alicyclic amines) is 1. The molecule has 0 saturated carbocycles. The van der Waals surface area contributed by atoms with Crippen LogP contribution in [0.2, 0.25) is 0 Å². The Hall–Kier alpha value is -1.26. The second kappa shape index (κ2) is 4.55. The minimum atomic E-state index is -0.431. The molecule has 96 valence electrons. The smallest absolute Gasteiger partial charge is 0.410 e. The van der Waals surface area contributed by atoms with Gasteiger partial charge in [-0.25, -0.2) is 4.79 Å². The van der Waals surface area contributed by atoms with Crippen molar-refractivity contribution in [2.24, 2.45) is 11.1 Å². The third-order valence-corrected chi connectivity index (χ3v) is 2.97. The van der Waals surface area contributed by atoms with Gasteiger partial charge in [0.15, 0.2) is 0 Å². The summed E-state index contributed by atoms with van der Waals surface area (Å²) in [5.41, 5.74) is 0.663. The van der Waals surface area contributed by atoms with Crippen molar-refractivity contribution in [2.45, 2.75) is 39.2 Å². The van der Waals surface area contributed by atoms with Crippen LogP contribution in [0.3, 0.4) is 0 Å². The van der Waals surface area contributed by atoms with Crippen LogP contribution >= 0.6 is 0 Å². The first-order valence-electron chi connectivity index (χ1n) is 6.12. The monoisotopic (exact) mass is 240 g/mol. The lowest BCUT2D eigenvalue weighted by Crippen LogP contribution is -2.37. The molecule has 5 heteroatoms. The molecule has 0 aliphatic carbocycles. The number of hydrogen-bond donors (Lipinski definition) is 0. The van der Waals surface area contributed by atoms with Crippen LogP contribution in [0.4, 0.5) is 4.79 Å². The summed E-state index contributed by atoms with van der Waals surface area (Å²) in [5.74, 6) is 0.391. The molecule has 2 aliphatic heterocycles. The molecular formula is C12H20N2O3.